The van der Waals surface area contributed by atoms with Gasteiger partial charge in [0.25, 0.3) is 0 Å². The Labute approximate surface area is 135 Å². The lowest BCUT2D eigenvalue weighted by Gasteiger charge is -2.39. The van der Waals surface area contributed by atoms with E-state index in [0.717, 1.165) is 43.1 Å². The van der Waals surface area contributed by atoms with Crippen LogP contribution in [0.5, 0.6) is 0 Å². The number of carbonyl (C=O) groups is 1. The maximum Gasteiger partial charge on any atom is 0.237 e. The Morgan fingerprint density at radius 2 is 1.91 bits per heavy atom. The standard InChI is InChI=1S/C18H20N4O/c1-21-15-5-3-2-4-14(15)18(17(21)23)7-10-22(11-8-18)16-12-13(19)6-9-20-16/h2-6,9,12H,7-8,10-11H2,1H3,(H2,19,20). The molecule has 0 saturated carbocycles. The summed E-state index contributed by atoms with van der Waals surface area (Å²) >= 11 is 0. The Hall–Kier alpha value is -2.56. The molecule has 1 amide bonds. The van der Waals surface area contributed by atoms with Crippen LogP contribution in [-0.2, 0) is 10.2 Å². The van der Waals surface area contributed by atoms with E-state index in [4.69, 9.17) is 5.73 Å². The quantitative estimate of drug-likeness (QED) is 0.877. The van der Waals surface area contributed by atoms with Gasteiger partial charge >= 0.3 is 0 Å². The van der Waals surface area contributed by atoms with Crippen molar-refractivity contribution in [3.05, 3.63) is 48.2 Å². The number of nitrogens with two attached hydrogens (primary N) is 1. The molecule has 1 aromatic heterocycles. The number of likely N-dealkylation sites (N-methyl/N-ethyl adjacent to an activating group) is 1. The van der Waals surface area contributed by atoms with Gasteiger partial charge in [0, 0.05) is 43.8 Å². The number of rotatable bonds is 1. The lowest BCUT2D eigenvalue weighted by atomic mass is 9.73. The Balaban J connectivity index is 1.63. The summed E-state index contributed by atoms with van der Waals surface area (Å²) in [7, 11) is 1.88. The highest BCUT2D eigenvalue weighted by Crippen LogP contribution is 2.47. The van der Waals surface area contributed by atoms with E-state index in [-0.39, 0.29) is 11.3 Å². The van der Waals surface area contributed by atoms with Crippen LogP contribution in [0.3, 0.4) is 0 Å². The first-order chi connectivity index (χ1) is 11.1. The van der Waals surface area contributed by atoms with Crippen molar-refractivity contribution in [2.24, 2.45) is 0 Å². The first kappa shape index (κ1) is 14.1. The topological polar surface area (TPSA) is 62.5 Å². The van der Waals surface area contributed by atoms with Gasteiger partial charge in [-0.25, -0.2) is 4.98 Å². The van der Waals surface area contributed by atoms with Gasteiger partial charge in [0.1, 0.15) is 5.82 Å². The van der Waals surface area contributed by atoms with Crippen molar-refractivity contribution in [3.8, 4) is 0 Å². The third-order valence-corrected chi connectivity index (χ3v) is 5.21. The summed E-state index contributed by atoms with van der Waals surface area (Å²) in [5, 5.41) is 0. The summed E-state index contributed by atoms with van der Waals surface area (Å²) in [5.74, 6) is 1.12. The number of nitrogens with zero attached hydrogens (tertiary/aromatic N) is 3. The number of hydrogen-bond acceptors (Lipinski definition) is 4. The monoisotopic (exact) mass is 308 g/mol. The highest BCUT2D eigenvalue weighted by Gasteiger charge is 2.50. The molecule has 0 bridgehead atoms. The first-order valence-corrected chi connectivity index (χ1v) is 7.96. The highest BCUT2D eigenvalue weighted by atomic mass is 16.2. The van der Waals surface area contributed by atoms with Crippen LogP contribution in [0.2, 0.25) is 0 Å². The third kappa shape index (κ3) is 2.00. The predicted octanol–water partition coefficient (Wildman–Crippen LogP) is 2.18. The van der Waals surface area contributed by atoms with Crippen molar-refractivity contribution in [1.82, 2.24) is 4.98 Å². The van der Waals surface area contributed by atoms with Gasteiger partial charge in [-0.15, -0.1) is 0 Å². The van der Waals surface area contributed by atoms with Gasteiger partial charge in [0.05, 0.1) is 5.41 Å². The Morgan fingerprint density at radius 1 is 1.17 bits per heavy atom. The van der Waals surface area contributed by atoms with Crippen molar-refractivity contribution in [2.75, 3.05) is 35.7 Å². The van der Waals surface area contributed by atoms with Crippen molar-refractivity contribution in [1.29, 1.82) is 0 Å². The predicted molar refractivity (Wildman–Crippen MR) is 91.6 cm³/mol. The summed E-state index contributed by atoms with van der Waals surface area (Å²) < 4.78 is 0. The molecule has 0 aliphatic carbocycles. The summed E-state index contributed by atoms with van der Waals surface area (Å²) in [6, 6.07) is 11.8. The van der Waals surface area contributed by atoms with Gasteiger partial charge in [0.15, 0.2) is 0 Å². The molecule has 2 N–H and O–H groups in total. The number of benzene rings is 1. The molecule has 1 aromatic carbocycles. The molecule has 2 aliphatic heterocycles. The van der Waals surface area contributed by atoms with Crippen LogP contribution >= 0.6 is 0 Å². The number of carbonyl (C=O) groups excluding carboxylic acids is 1. The molecular weight excluding hydrogens is 288 g/mol. The summed E-state index contributed by atoms with van der Waals surface area (Å²) in [6.07, 6.45) is 3.35. The molecule has 3 heterocycles. The zero-order valence-corrected chi connectivity index (χ0v) is 13.2. The molecular formula is C18H20N4O. The number of piperidine rings is 1. The Kier molecular flexibility index (Phi) is 3.04. The number of hydrogen-bond donors (Lipinski definition) is 1. The molecule has 23 heavy (non-hydrogen) atoms. The van der Waals surface area contributed by atoms with Crippen molar-refractivity contribution in [2.45, 2.75) is 18.3 Å². The van der Waals surface area contributed by atoms with Crippen LogP contribution in [0, 0.1) is 0 Å². The molecule has 1 fully saturated rings. The maximum absolute atomic E-state index is 12.9. The lowest BCUT2D eigenvalue weighted by molar-refractivity contribution is -0.123. The zero-order valence-electron chi connectivity index (χ0n) is 13.2. The van der Waals surface area contributed by atoms with Crippen LogP contribution in [0.25, 0.3) is 0 Å². The second-order valence-corrected chi connectivity index (χ2v) is 6.40. The minimum Gasteiger partial charge on any atom is -0.399 e. The van der Waals surface area contributed by atoms with Crippen LogP contribution in [-0.4, -0.2) is 31.0 Å². The molecule has 1 spiro atoms. The van der Waals surface area contributed by atoms with E-state index in [2.05, 4.69) is 16.0 Å². The normalized spacial score (nSPS) is 19.3. The molecule has 118 valence electrons. The Morgan fingerprint density at radius 3 is 2.65 bits per heavy atom. The van der Waals surface area contributed by atoms with E-state index in [1.165, 1.54) is 5.56 Å². The van der Waals surface area contributed by atoms with Gasteiger partial charge in [-0.1, -0.05) is 18.2 Å². The number of anilines is 3. The fraction of sp³-hybridized carbons (Fsp3) is 0.333. The number of aromatic nitrogens is 1. The van der Waals surface area contributed by atoms with E-state index in [9.17, 15) is 4.79 Å². The minimum absolute atomic E-state index is 0.221. The molecule has 0 unspecified atom stereocenters. The van der Waals surface area contributed by atoms with Crippen LogP contribution in [0.1, 0.15) is 18.4 Å². The average molecular weight is 308 g/mol. The first-order valence-electron chi connectivity index (χ1n) is 7.96. The summed E-state index contributed by atoms with van der Waals surface area (Å²) in [6.45, 7) is 1.62. The molecule has 2 aromatic rings. The summed E-state index contributed by atoms with van der Waals surface area (Å²) in [5.41, 5.74) is 8.43. The Bertz CT molecular complexity index is 765. The third-order valence-electron chi connectivity index (χ3n) is 5.21. The lowest BCUT2D eigenvalue weighted by Crippen LogP contribution is -2.48. The highest BCUT2D eigenvalue weighted by molar-refractivity contribution is 6.07. The van der Waals surface area contributed by atoms with Crippen molar-refractivity contribution >= 4 is 23.1 Å². The number of para-hydroxylation sites is 1. The molecule has 2 aliphatic rings. The van der Waals surface area contributed by atoms with Gasteiger partial charge < -0.3 is 15.5 Å². The minimum atomic E-state index is -0.373. The second kappa shape index (κ2) is 4.98. The largest absolute Gasteiger partial charge is 0.399 e. The molecule has 5 nitrogen and oxygen atoms in total. The SMILES string of the molecule is CN1C(=O)C2(CCN(c3cc(N)ccn3)CC2)c2ccccc21. The summed E-state index contributed by atoms with van der Waals surface area (Å²) in [4.78, 5) is 21.3. The van der Waals surface area contributed by atoms with Crippen LogP contribution in [0.4, 0.5) is 17.2 Å². The molecule has 4 rings (SSSR count). The van der Waals surface area contributed by atoms with Crippen LogP contribution < -0.4 is 15.5 Å². The van der Waals surface area contributed by atoms with Gasteiger partial charge in [-0.3, -0.25) is 4.79 Å². The molecule has 0 atom stereocenters. The number of pyridine rings is 1. The molecule has 5 heteroatoms. The average Bonchev–Trinajstić information content (AvgIpc) is 2.79. The second-order valence-electron chi connectivity index (χ2n) is 6.40. The van der Waals surface area contributed by atoms with Gasteiger partial charge in [-0.05, 0) is 30.5 Å². The number of nitrogen functional groups attached to an aromatic ring is 1. The van der Waals surface area contributed by atoms with E-state index in [1.54, 1.807) is 12.3 Å². The zero-order chi connectivity index (χ0) is 16.0. The van der Waals surface area contributed by atoms with Gasteiger partial charge in [0.2, 0.25) is 5.91 Å². The van der Waals surface area contributed by atoms with Crippen LogP contribution in [0.15, 0.2) is 42.6 Å². The van der Waals surface area contributed by atoms with E-state index in [1.807, 2.05) is 36.2 Å². The van der Waals surface area contributed by atoms with E-state index in [0.29, 0.717) is 0 Å². The number of amides is 1. The smallest absolute Gasteiger partial charge is 0.237 e. The van der Waals surface area contributed by atoms with Crippen molar-refractivity contribution < 1.29 is 4.79 Å². The van der Waals surface area contributed by atoms with Crippen molar-refractivity contribution in [3.63, 3.8) is 0 Å². The maximum atomic E-state index is 12.9. The van der Waals surface area contributed by atoms with Gasteiger partial charge in [-0.2, -0.15) is 0 Å². The van der Waals surface area contributed by atoms with E-state index >= 15 is 0 Å². The fourth-order valence-electron chi connectivity index (χ4n) is 3.92. The molecule has 1 saturated heterocycles. The molecule has 0 radical (unpaired) electrons. The fourth-order valence-corrected chi connectivity index (χ4v) is 3.92. The number of fused-ring (bicyclic) bond motifs is 2. The van der Waals surface area contributed by atoms with E-state index < -0.39 is 0 Å².